The minimum Gasteiger partial charge on any atom is -0.487 e. The largest absolute Gasteiger partial charge is 0.573 e. The quantitative estimate of drug-likeness (QED) is 0.222. The number of aryl methyl sites for hydroxylation is 1. The minimum atomic E-state index is -4.84. The first-order valence-corrected chi connectivity index (χ1v) is 11.1. The highest BCUT2D eigenvalue weighted by Crippen LogP contribution is 2.30. The van der Waals surface area contributed by atoms with Crippen molar-refractivity contribution in [3.63, 3.8) is 0 Å². The number of hydrogen-bond donors (Lipinski definition) is 0. The topological polar surface area (TPSA) is 71.8 Å². The summed E-state index contributed by atoms with van der Waals surface area (Å²) < 4.78 is 85.0. The van der Waals surface area contributed by atoms with Gasteiger partial charge in [-0.1, -0.05) is 0 Å². The molecule has 0 spiro atoms. The summed E-state index contributed by atoms with van der Waals surface area (Å²) in [4.78, 5) is 12.1. The molecule has 0 unspecified atom stereocenters. The van der Waals surface area contributed by atoms with Crippen LogP contribution < -0.4 is 14.2 Å². The van der Waals surface area contributed by atoms with Crippen LogP contribution in [-0.2, 0) is 16.1 Å². The number of esters is 1. The second kappa shape index (κ2) is 11.1. The lowest BCUT2D eigenvalue weighted by molar-refractivity contribution is -0.274. The maximum Gasteiger partial charge on any atom is 0.573 e. The fourth-order valence-corrected chi connectivity index (χ4v) is 3.28. The third-order valence-electron chi connectivity index (χ3n) is 5.05. The molecule has 12 heteroatoms. The van der Waals surface area contributed by atoms with Crippen molar-refractivity contribution < 1.29 is 45.7 Å². The van der Waals surface area contributed by atoms with E-state index < -0.39 is 30.2 Å². The first kappa shape index (κ1) is 27.8. The number of carbonyl (C=O) groups excluding carboxylic acids is 1. The zero-order valence-electron chi connectivity index (χ0n) is 20.4. The Balaban J connectivity index is 1.73. The molecule has 37 heavy (non-hydrogen) atoms. The van der Waals surface area contributed by atoms with Crippen LogP contribution in [0.15, 0.2) is 48.5 Å². The Bertz CT molecular complexity index is 1220. The molecule has 1 aromatic heterocycles. The average Bonchev–Trinajstić information content (AvgIpc) is 3.23. The van der Waals surface area contributed by atoms with Gasteiger partial charge in [0, 0.05) is 5.56 Å². The molecule has 0 aliphatic heterocycles. The van der Waals surface area contributed by atoms with Crippen molar-refractivity contribution in [2.75, 3.05) is 6.61 Å². The van der Waals surface area contributed by atoms with E-state index >= 15 is 0 Å². The summed E-state index contributed by atoms with van der Waals surface area (Å²) in [6.45, 7) is 3.56. The molecule has 0 amide bonds. The van der Waals surface area contributed by atoms with Crippen LogP contribution in [0.5, 0.6) is 17.2 Å². The standard InChI is InChI=1S/C25H25F5N2O5/c1-5-34-22(33)24(3,4)37-21-11-10-19(12-15(21)2)35-14-17-13-20(31-32(17)23(26)27)16-6-8-18(9-7-16)36-25(28,29)30/h6-13,23H,5,14H2,1-4H3. The Hall–Kier alpha value is -3.83. The molecular weight excluding hydrogens is 503 g/mol. The third kappa shape index (κ3) is 7.34. The van der Waals surface area contributed by atoms with Gasteiger partial charge < -0.3 is 18.9 Å². The highest BCUT2D eigenvalue weighted by Gasteiger charge is 2.32. The summed E-state index contributed by atoms with van der Waals surface area (Å²) in [5.74, 6) is -0.186. The van der Waals surface area contributed by atoms with E-state index in [1.807, 2.05) is 0 Å². The fourth-order valence-electron chi connectivity index (χ4n) is 3.28. The number of rotatable bonds is 10. The first-order valence-electron chi connectivity index (χ1n) is 11.1. The second-order valence-electron chi connectivity index (χ2n) is 8.36. The number of aromatic nitrogens is 2. The maximum atomic E-state index is 13.6. The lowest BCUT2D eigenvalue weighted by Crippen LogP contribution is -2.39. The van der Waals surface area contributed by atoms with Crippen LogP contribution in [-0.4, -0.2) is 34.3 Å². The molecule has 2 aromatic carbocycles. The van der Waals surface area contributed by atoms with E-state index in [1.54, 1.807) is 45.9 Å². The van der Waals surface area contributed by atoms with Crippen LogP contribution in [0.25, 0.3) is 11.3 Å². The molecule has 0 saturated carbocycles. The van der Waals surface area contributed by atoms with E-state index in [2.05, 4.69) is 9.84 Å². The summed E-state index contributed by atoms with van der Waals surface area (Å²) in [6, 6.07) is 10.8. The molecule has 1 heterocycles. The summed E-state index contributed by atoms with van der Waals surface area (Å²) >= 11 is 0. The van der Waals surface area contributed by atoms with Gasteiger partial charge in [-0.2, -0.15) is 13.9 Å². The third-order valence-corrected chi connectivity index (χ3v) is 5.05. The zero-order chi connectivity index (χ0) is 27.4. The van der Waals surface area contributed by atoms with Crippen LogP contribution in [0.4, 0.5) is 22.0 Å². The zero-order valence-corrected chi connectivity index (χ0v) is 20.4. The minimum absolute atomic E-state index is 0.0436. The van der Waals surface area contributed by atoms with Crippen molar-refractivity contribution in [1.29, 1.82) is 0 Å². The summed E-state index contributed by atoms with van der Waals surface area (Å²) in [5, 5.41) is 3.86. The Morgan fingerprint density at radius 2 is 1.65 bits per heavy atom. The van der Waals surface area contributed by atoms with Gasteiger partial charge in [0.15, 0.2) is 5.60 Å². The van der Waals surface area contributed by atoms with Gasteiger partial charge in [0.2, 0.25) is 0 Å². The van der Waals surface area contributed by atoms with E-state index in [1.165, 1.54) is 18.2 Å². The Morgan fingerprint density at radius 3 is 2.22 bits per heavy atom. The van der Waals surface area contributed by atoms with Crippen molar-refractivity contribution in [3.8, 4) is 28.5 Å². The van der Waals surface area contributed by atoms with Crippen molar-refractivity contribution >= 4 is 5.97 Å². The molecule has 3 rings (SSSR count). The molecule has 7 nitrogen and oxygen atoms in total. The van der Waals surface area contributed by atoms with Crippen molar-refractivity contribution in [2.24, 2.45) is 0 Å². The van der Waals surface area contributed by atoms with E-state index in [-0.39, 0.29) is 24.6 Å². The molecule has 0 fully saturated rings. The van der Waals surface area contributed by atoms with Crippen molar-refractivity contribution in [3.05, 3.63) is 59.8 Å². The first-order chi connectivity index (χ1) is 17.3. The number of nitrogens with zero attached hydrogens (tertiary/aromatic N) is 2. The van der Waals surface area contributed by atoms with Gasteiger partial charge in [-0.25, -0.2) is 9.48 Å². The van der Waals surface area contributed by atoms with Gasteiger partial charge in [-0.05, 0) is 81.8 Å². The second-order valence-corrected chi connectivity index (χ2v) is 8.36. The van der Waals surface area contributed by atoms with Crippen LogP contribution in [0, 0.1) is 6.92 Å². The summed E-state index contributed by atoms with van der Waals surface area (Å²) in [5.41, 5.74) is -0.100. The number of carbonyl (C=O) groups is 1. The number of hydrogen-bond acceptors (Lipinski definition) is 6. The van der Waals surface area contributed by atoms with Crippen LogP contribution in [0.2, 0.25) is 0 Å². The van der Waals surface area contributed by atoms with Gasteiger partial charge in [-0.15, -0.1) is 13.2 Å². The Labute approximate surface area is 209 Å². The van der Waals surface area contributed by atoms with Crippen LogP contribution >= 0.6 is 0 Å². The van der Waals surface area contributed by atoms with Gasteiger partial charge in [-0.3, -0.25) is 0 Å². The normalized spacial score (nSPS) is 11.9. The highest BCUT2D eigenvalue weighted by atomic mass is 19.4. The van der Waals surface area contributed by atoms with Crippen LogP contribution in [0.3, 0.4) is 0 Å². The smallest absolute Gasteiger partial charge is 0.487 e. The molecule has 0 aliphatic carbocycles. The van der Waals surface area contributed by atoms with Crippen molar-refractivity contribution in [1.82, 2.24) is 9.78 Å². The Morgan fingerprint density at radius 1 is 1.00 bits per heavy atom. The molecule has 200 valence electrons. The van der Waals surface area contributed by atoms with E-state index in [9.17, 15) is 26.7 Å². The molecule has 0 atom stereocenters. The summed E-state index contributed by atoms with van der Waals surface area (Å²) in [7, 11) is 0. The molecule has 0 saturated heterocycles. The highest BCUT2D eigenvalue weighted by molar-refractivity contribution is 5.79. The summed E-state index contributed by atoms with van der Waals surface area (Å²) in [6.07, 6.45) is -4.84. The maximum absolute atomic E-state index is 13.6. The van der Waals surface area contributed by atoms with Gasteiger partial charge >= 0.3 is 18.9 Å². The number of alkyl halides is 5. The molecule has 0 radical (unpaired) electrons. The van der Waals surface area contributed by atoms with Gasteiger partial charge in [0.25, 0.3) is 0 Å². The lowest BCUT2D eigenvalue weighted by atomic mass is 10.1. The van der Waals surface area contributed by atoms with Crippen LogP contribution in [0.1, 0.15) is 38.6 Å². The van der Waals surface area contributed by atoms with E-state index in [0.717, 1.165) is 12.1 Å². The van der Waals surface area contributed by atoms with Crippen molar-refractivity contribution in [2.45, 2.75) is 52.8 Å². The molecule has 0 N–H and O–H groups in total. The molecule has 3 aromatic rings. The lowest BCUT2D eigenvalue weighted by Gasteiger charge is -2.25. The predicted octanol–water partition coefficient (Wildman–Crippen LogP) is 6.45. The number of ether oxygens (including phenoxy) is 4. The van der Waals surface area contributed by atoms with Gasteiger partial charge in [0.1, 0.15) is 23.9 Å². The number of halogens is 5. The SMILES string of the molecule is CCOC(=O)C(C)(C)Oc1ccc(OCc2cc(-c3ccc(OC(F)(F)F)cc3)nn2C(F)F)cc1C. The number of benzene rings is 2. The molecule has 0 bridgehead atoms. The average molecular weight is 528 g/mol. The monoisotopic (exact) mass is 528 g/mol. The predicted molar refractivity (Wildman–Crippen MR) is 122 cm³/mol. The Kier molecular flexibility index (Phi) is 8.29. The van der Waals surface area contributed by atoms with Gasteiger partial charge in [0.05, 0.1) is 18.0 Å². The van der Waals surface area contributed by atoms with E-state index in [0.29, 0.717) is 27.3 Å². The van der Waals surface area contributed by atoms with E-state index in [4.69, 9.17) is 14.2 Å². The molecular formula is C25H25F5N2O5. The molecule has 0 aliphatic rings. The fraction of sp³-hybridized carbons (Fsp3) is 0.360.